The van der Waals surface area contributed by atoms with Crippen molar-refractivity contribution in [2.75, 3.05) is 26.0 Å². The summed E-state index contributed by atoms with van der Waals surface area (Å²) in [5.74, 6) is -2.67. The highest BCUT2D eigenvalue weighted by Gasteiger charge is 2.37. The van der Waals surface area contributed by atoms with E-state index in [-0.39, 0.29) is 53.8 Å². The smallest absolute Gasteiger partial charge is 0.434 e. The predicted molar refractivity (Wildman–Crippen MR) is 158 cm³/mol. The van der Waals surface area contributed by atoms with Crippen molar-refractivity contribution in [3.63, 3.8) is 0 Å². The molecule has 2 aliphatic rings. The van der Waals surface area contributed by atoms with Crippen molar-refractivity contribution >= 4 is 51.9 Å². The minimum Gasteiger partial charge on any atom is -0.481 e. The highest BCUT2D eigenvalue weighted by molar-refractivity contribution is 8.14. The molecule has 5 atom stereocenters. The van der Waals surface area contributed by atoms with Crippen LogP contribution in [0.15, 0.2) is 10.4 Å². The Morgan fingerprint density at radius 1 is 1.20 bits per heavy atom. The molecule has 2 N–H and O–H groups in total. The number of aromatic nitrogens is 1. The molecule has 1 fully saturated rings. The summed E-state index contributed by atoms with van der Waals surface area (Å²) < 4.78 is 49.9. The van der Waals surface area contributed by atoms with Gasteiger partial charge in [-0.3, -0.25) is 24.2 Å². The van der Waals surface area contributed by atoms with Gasteiger partial charge in [-0.05, 0) is 12.3 Å². The van der Waals surface area contributed by atoms with Crippen molar-refractivity contribution < 1.29 is 46.9 Å². The lowest BCUT2D eigenvalue weighted by Gasteiger charge is -2.35. The molecule has 0 spiro atoms. The first-order valence-electron chi connectivity index (χ1n) is 14.3. The highest BCUT2D eigenvalue weighted by atomic mass is 32.2. The van der Waals surface area contributed by atoms with E-state index < -0.39 is 53.8 Å². The molecule has 3 rings (SSSR count). The van der Waals surface area contributed by atoms with Crippen LogP contribution in [0.3, 0.4) is 0 Å². The quantitative estimate of drug-likeness (QED) is 0.268. The Morgan fingerprint density at radius 2 is 1.89 bits per heavy atom. The van der Waals surface area contributed by atoms with Crippen LogP contribution in [-0.2, 0) is 41.2 Å². The summed E-state index contributed by atoms with van der Waals surface area (Å²) in [5.41, 5.74) is -1.05. The number of esters is 1. The summed E-state index contributed by atoms with van der Waals surface area (Å²) in [6, 6.07) is -1.99. The van der Waals surface area contributed by atoms with Crippen molar-refractivity contribution in [3.8, 4) is 0 Å². The van der Waals surface area contributed by atoms with Gasteiger partial charge in [0, 0.05) is 62.4 Å². The van der Waals surface area contributed by atoms with Gasteiger partial charge >= 0.3 is 18.1 Å². The predicted octanol–water partition coefficient (Wildman–Crippen LogP) is 3.66. The van der Waals surface area contributed by atoms with Crippen molar-refractivity contribution in [2.24, 2.45) is 22.7 Å². The zero-order chi connectivity index (χ0) is 32.8. The molecule has 16 heteroatoms. The van der Waals surface area contributed by atoms with E-state index in [9.17, 15) is 37.5 Å². The summed E-state index contributed by atoms with van der Waals surface area (Å²) >= 11 is 2.03. The number of thioether (sulfide) groups is 1. The first-order chi connectivity index (χ1) is 20.5. The van der Waals surface area contributed by atoms with Crippen LogP contribution in [0.1, 0.15) is 57.7 Å². The lowest BCUT2D eigenvalue weighted by atomic mass is 9.95. The minimum atomic E-state index is -4.62. The van der Waals surface area contributed by atoms with Crippen molar-refractivity contribution in [2.45, 2.75) is 83.8 Å². The number of hydrogen-bond acceptors (Lipinski definition) is 10. The lowest BCUT2D eigenvalue weighted by Crippen LogP contribution is -2.45. The van der Waals surface area contributed by atoms with Crippen LogP contribution in [0.5, 0.6) is 0 Å². The number of rotatable bonds is 15. The summed E-state index contributed by atoms with van der Waals surface area (Å²) in [6.07, 6.45) is -4.91. The van der Waals surface area contributed by atoms with E-state index in [1.54, 1.807) is 11.9 Å². The van der Waals surface area contributed by atoms with Gasteiger partial charge in [-0.1, -0.05) is 20.8 Å². The van der Waals surface area contributed by atoms with Crippen LogP contribution in [0, 0.1) is 17.8 Å². The number of thiazole rings is 1. The van der Waals surface area contributed by atoms with Gasteiger partial charge in [0.1, 0.15) is 11.1 Å². The summed E-state index contributed by atoms with van der Waals surface area (Å²) in [4.78, 5) is 59.5. The molecule has 2 unspecified atom stereocenters. The van der Waals surface area contributed by atoms with E-state index >= 15 is 0 Å². The molecule has 0 saturated carbocycles. The van der Waals surface area contributed by atoms with Crippen molar-refractivity contribution in [1.29, 1.82) is 0 Å². The van der Waals surface area contributed by atoms with Gasteiger partial charge in [-0.2, -0.15) is 13.2 Å². The lowest BCUT2D eigenvalue weighted by molar-refractivity contribution is -0.145. The molecule has 0 aromatic carbocycles. The van der Waals surface area contributed by atoms with E-state index in [0.29, 0.717) is 24.7 Å². The molecule has 2 amide bonds. The van der Waals surface area contributed by atoms with Crippen LogP contribution in [-0.4, -0.2) is 94.0 Å². The maximum atomic E-state index is 13.3. The fourth-order valence-electron chi connectivity index (χ4n) is 4.94. The fourth-order valence-corrected chi connectivity index (χ4v) is 6.91. The average Bonchev–Trinajstić information content (AvgIpc) is 3.58. The van der Waals surface area contributed by atoms with Gasteiger partial charge in [-0.25, -0.2) is 4.98 Å². The highest BCUT2D eigenvalue weighted by Crippen LogP contribution is 2.31. The minimum absolute atomic E-state index is 0.0199. The van der Waals surface area contributed by atoms with E-state index in [2.05, 4.69) is 15.3 Å². The molecule has 2 aliphatic heterocycles. The topological polar surface area (TPSA) is 147 Å². The standard InChI is InChI=1S/C28H39F3N4O7S2/c1-14(2)20(35(5)24(37)7-17-10-41-11-17)9-21(42-16(4)36)26-33-19(12-44-26)25(38)32-18(6-15(3)27(39)40)8-23-34-22(13-43-23)28(29,30)31/h13-15,17-21H,6-12H2,1-5H3,(H,32,38)(H,39,40)/t15-,18+,19?,20?,21+/m0/s1. The second-order valence-electron chi connectivity index (χ2n) is 11.6. The number of carboxylic acid groups (broad SMARTS) is 1. The number of aliphatic imine (C=N–C) groups is 1. The molecule has 0 aliphatic carbocycles. The first kappa shape index (κ1) is 35.8. The molecular weight excluding hydrogens is 625 g/mol. The van der Waals surface area contributed by atoms with Gasteiger partial charge in [0.2, 0.25) is 11.8 Å². The molecule has 246 valence electrons. The molecule has 1 saturated heterocycles. The van der Waals surface area contributed by atoms with E-state index in [1.165, 1.54) is 25.6 Å². The van der Waals surface area contributed by atoms with Gasteiger partial charge in [0.05, 0.1) is 24.1 Å². The Kier molecular flexibility index (Phi) is 12.6. The second kappa shape index (κ2) is 15.5. The van der Waals surface area contributed by atoms with Gasteiger partial charge in [0.15, 0.2) is 11.8 Å². The zero-order valence-electron chi connectivity index (χ0n) is 25.3. The number of nitrogens with zero attached hydrogens (tertiary/aromatic N) is 3. The summed E-state index contributed by atoms with van der Waals surface area (Å²) in [6.45, 7) is 7.74. The summed E-state index contributed by atoms with van der Waals surface area (Å²) in [7, 11) is 1.72. The number of halogens is 3. The SMILES string of the molecule is CC(=O)O[C@H](CC(C(C)C)N(C)C(=O)CC1COC1)C1=NC(C(=O)N[C@@H](Cc2nc(C(F)(F)F)cs2)C[C@H](C)C(=O)O)CS1. The fraction of sp³-hybridized carbons (Fsp3) is 0.714. The Bertz CT molecular complexity index is 1220. The van der Waals surface area contributed by atoms with Crippen LogP contribution in [0.2, 0.25) is 0 Å². The van der Waals surface area contributed by atoms with Crippen LogP contribution < -0.4 is 5.32 Å². The van der Waals surface area contributed by atoms with Crippen LogP contribution in [0.25, 0.3) is 0 Å². The van der Waals surface area contributed by atoms with Gasteiger partial charge in [-0.15, -0.1) is 23.1 Å². The molecule has 11 nitrogen and oxygen atoms in total. The zero-order valence-corrected chi connectivity index (χ0v) is 26.9. The molecule has 0 radical (unpaired) electrons. The number of alkyl halides is 3. The number of ether oxygens (including phenoxy) is 2. The third-order valence-corrected chi connectivity index (χ3v) is 9.53. The number of amides is 2. The van der Waals surface area contributed by atoms with Gasteiger partial charge in [0.25, 0.3) is 0 Å². The largest absolute Gasteiger partial charge is 0.481 e. The molecule has 44 heavy (non-hydrogen) atoms. The number of nitrogens with one attached hydrogen (secondary N) is 1. The molecular formula is C28H39F3N4O7S2. The molecule has 1 aromatic heterocycles. The maximum absolute atomic E-state index is 13.3. The van der Waals surface area contributed by atoms with E-state index in [4.69, 9.17) is 9.47 Å². The van der Waals surface area contributed by atoms with E-state index in [1.807, 2.05) is 13.8 Å². The van der Waals surface area contributed by atoms with E-state index in [0.717, 1.165) is 16.7 Å². The number of carbonyl (C=O) groups excluding carboxylic acids is 3. The molecule has 3 heterocycles. The second-order valence-corrected chi connectivity index (χ2v) is 13.5. The number of aliphatic carboxylic acids is 1. The number of carbonyl (C=O) groups is 4. The normalized spacial score (nSPS) is 19.8. The Morgan fingerprint density at radius 3 is 2.41 bits per heavy atom. The third-order valence-electron chi connectivity index (χ3n) is 7.51. The number of carboxylic acids is 1. The Labute approximate surface area is 262 Å². The van der Waals surface area contributed by atoms with Crippen LogP contribution in [0.4, 0.5) is 13.2 Å². The molecule has 1 aromatic rings. The number of hydrogen-bond donors (Lipinski definition) is 2. The maximum Gasteiger partial charge on any atom is 0.434 e. The third kappa shape index (κ3) is 10.2. The molecule has 0 bridgehead atoms. The average molecular weight is 665 g/mol. The monoisotopic (exact) mass is 664 g/mol. The summed E-state index contributed by atoms with van der Waals surface area (Å²) in [5, 5.41) is 13.6. The van der Waals surface area contributed by atoms with Crippen molar-refractivity contribution in [1.82, 2.24) is 15.2 Å². The Hall–Kier alpha value is -2.72. The van der Waals surface area contributed by atoms with Crippen molar-refractivity contribution in [3.05, 3.63) is 16.1 Å². The first-order valence-corrected chi connectivity index (χ1v) is 16.2. The van der Waals surface area contributed by atoms with Crippen LogP contribution >= 0.6 is 23.1 Å². The van der Waals surface area contributed by atoms with Gasteiger partial charge < -0.3 is 24.8 Å². The Balaban J connectivity index is 1.73.